The van der Waals surface area contributed by atoms with Crippen LogP contribution in [0.3, 0.4) is 0 Å². The summed E-state index contributed by atoms with van der Waals surface area (Å²) in [5.41, 5.74) is 13.9. The summed E-state index contributed by atoms with van der Waals surface area (Å²) < 4.78 is 0. The van der Waals surface area contributed by atoms with Gasteiger partial charge in [0.2, 0.25) is 47.3 Å². The summed E-state index contributed by atoms with van der Waals surface area (Å²) in [5.74, 6) is -8.90. The number of aromatic nitrogens is 3. The number of hydrogen-bond acceptors (Lipinski definition) is 16. The van der Waals surface area contributed by atoms with E-state index in [1.54, 1.807) is 26.3 Å². The van der Waals surface area contributed by atoms with E-state index in [2.05, 4.69) is 57.5 Å². The van der Waals surface area contributed by atoms with Gasteiger partial charge in [0.15, 0.2) is 6.04 Å². The predicted octanol–water partition coefficient (Wildman–Crippen LogP) is -4.11. The third kappa shape index (κ3) is 19.4. The smallest absolute Gasteiger partial charge is 0.328 e. The number of carbonyl (C=O) groups excluding carboxylic acids is 8. The summed E-state index contributed by atoms with van der Waals surface area (Å²) in [6, 6.07) is -3.95. The van der Waals surface area contributed by atoms with Crippen molar-refractivity contribution in [2.45, 2.75) is 127 Å². The number of thioether (sulfide) groups is 1. The Bertz CT molecular complexity index is 2310. The number of unbranched alkanes of at least 4 members (excludes halogenated alkanes) is 1. The average Bonchev–Trinajstić information content (AvgIpc) is 4.02. The number of fused-ring (bicyclic) bond motifs is 1. The lowest BCUT2D eigenvalue weighted by Gasteiger charge is -2.29. The molecule has 404 valence electrons. The molecule has 27 heteroatoms. The lowest BCUT2D eigenvalue weighted by Crippen LogP contribution is -2.62. The van der Waals surface area contributed by atoms with Crippen molar-refractivity contribution >= 4 is 75.9 Å². The summed E-state index contributed by atoms with van der Waals surface area (Å²) in [4.78, 5) is 129. The van der Waals surface area contributed by atoms with E-state index < -0.39 is 133 Å². The van der Waals surface area contributed by atoms with Crippen LogP contribution in [0.4, 0.5) is 0 Å². The molecule has 18 N–H and O–H groups in total. The summed E-state index contributed by atoms with van der Waals surface area (Å²) in [7, 11) is 0. The Morgan fingerprint density at radius 1 is 0.685 bits per heavy atom. The van der Waals surface area contributed by atoms with E-state index in [1.165, 1.54) is 31.2 Å². The second kappa shape index (κ2) is 30.4. The van der Waals surface area contributed by atoms with Gasteiger partial charge in [0.25, 0.3) is 0 Å². The second-order valence-electron chi connectivity index (χ2n) is 17.7. The Balaban J connectivity index is 1.70. The molecule has 0 fully saturated rings. The summed E-state index contributed by atoms with van der Waals surface area (Å²) in [6.07, 6.45) is 3.96. The molecular formula is C46H71N13O13S. The van der Waals surface area contributed by atoms with Gasteiger partial charge in [0.05, 0.1) is 37.7 Å². The molecule has 0 spiro atoms. The number of aromatic amines is 2. The quantitative estimate of drug-likeness (QED) is 0.0264. The van der Waals surface area contributed by atoms with Crippen molar-refractivity contribution in [1.29, 1.82) is 0 Å². The number of aliphatic carboxylic acids is 1. The SMILES string of the molecule is CSCC[C@H](NC(=O)[C@H](CCCCN)NC(=O)[C@H](CO)NC(=O)[C@@H](N)Cc1c[nH]c2ccccc12)C(=O)NCC(=O)N[C@@H](Cc1cnc[nH]1)C(=O)N[C@H](C(=O)N[C@H](C(=O)N[C@H](C(=O)O)[C@@H](C)O)C(C)C)[C@@H](C)O. The first-order valence-corrected chi connectivity index (χ1v) is 25.1. The maximum atomic E-state index is 13.8. The van der Waals surface area contributed by atoms with E-state index in [9.17, 15) is 63.6 Å². The number of H-pyrrole nitrogens is 2. The minimum atomic E-state index is -1.72. The van der Waals surface area contributed by atoms with Gasteiger partial charge >= 0.3 is 5.97 Å². The fraction of sp³-hybridized carbons (Fsp3) is 0.565. The number of hydrogen-bond donors (Lipinski definition) is 16. The number of imidazole rings is 1. The Kier molecular flexibility index (Phi) is 25.3. The number of carboxylic acids is 1. The molecule has 8 amide bonds. The molecule has 10 atom stereocenters. The van der Waals surface area contributed by atoms with E-state index >= 15 is 0 Å². The van der Waals surface area contributed by atoms with Crippen molar-refractivity contribution in [1.82, 2.24) is 57.5 Å². The number of aliphatic hydroxyl groups is 3. The number of nitrogens with zero attached hydrogens (tertiary/aromatic N) is 1. The van der Waals surface area contributed by atoms with Crippen molar-refractivity contribution in [3.63, 3.8) is 0 Å². The number of rotatable bonds is 32. The number of nitrogens with two attached hydrogens (primary N) is 2. The molecule has 0 aliphatic carbocycles. The fourth-order valence-electron chi connectivity index (χ4n) is 7.34. The van der Waals surface area contributed by atoms with Gasteiger partial charge in [-0.2, -0.15) is 11.8 Å². The molecule has 2 aromatic heterocycles. The molecule has 3 rings (SSSR count). The molecule has 0 aliphatic heterocycles. The van der Waals surface area contributed by atoms with Crippen LogP contribution in [0.15, 0.2) is 43.0 Å². The maximum absolute atomic E-state index is 13.8. The first-order valence-electron chi connectivity index (χ1n) is 23.7. The van der Waals surface area contributed by atoms with Crippen LogP contribution in [0.5, 0.6) is 0 Å². The number of aliphatic hydroxyl groups excluding tert-OH is 3. The highest BCUT2D eigenvalue weighted by Crippen LogP contribution is 2.19. The van der Waals surface area contributed by atoms with Crippen LogP contribution in [0.2, 0.25) is 0 Å². The topological polar surface area (TPSA) is 427 Å². The van der Waals surface area contributed by atoms with Gasteiger partial charge in [-0.3, -0.25) is 38.4 Å². The van der Waals surface area contributed by atoms with Gasteiger partial charge in [-0.1, -0.05) is 32.0 Å². The van der Waals surface area contributed by atoms with Crippen molar-refractivity contribution in [3.8, 4) is 0 Å². The zero-order valence-corrected chi connectivity index (χ0v) is 42.3. The normalized spacial score (nSPS) is 15.4. The molecule has 73 heavy (non-hydrogen) atoms. The molecule has 2 heterocycles. The average molecular weight is 1050 g/mol. The van der Waals surface area contributed by atoms with Crippen molar-refractivity contribution in [2.75, 3.05) is 31.7 Å². The third-order valence-corrected chi connectivity index (χ3v) is 12.1. The maximum Gasteiger partial charge on any atom is 0.328 e. The van der Waals surface area contributed by atoms with Crippen molar-refractivity contribution in [3.05, 3.63) is 54.2 Å². The van der Waals surface area contributed by atoms with Gasteiger partial charge in [0, 0.05) is 35.4 Å². The number of carboxylic acid groups (broad SMARTS) is 1. The van der Waals surface area contributed by atoms with Crippen LogP contribution >= 0.6 is 11.8 Å². The van der Waals surface area contributed by atoms with Crippen molar-refractivity contribution < 1.29 is 63.6 Å². The Labute approximate surface area is 425 Å². The zero-order valence-electron chi connectivity index (χ0n) is 41.4. The molecule has 0 saturated carbocycles. The molecule has 1 aromatic carbocycles. The van der Waals surface area contributed by atoms with Gasteiger partial charge < -0.3 is 84.4 Å². The first-order chi connectivity index (χ1) is 34.6. The lowest BCUT2D eigenvalue weighted by atomic mass is 10.0. The number of carbonyl (C=O) groups is 9. The van der Waals surface area contributed by atoms with E-state index in [-0.39, 0.29) is 32.2 Å². The van der Waals surface area contributed by atoms with Crippen LogP contribution in [0, 0.1) is 5.92 Å². The molecule has 0 bridgehead atoms. The van der Waals surface area contributed by atoms with E-state index in [1.807, 2.05) is 24.3 Å². The Morgan fingerprint density at radius 2 is 1.27 bits per heavy atom. The van der Waals surface area contributed by atoms with E-state index in [0.717, 1.165) is 23.4 Å². The largest absolute Gasteiger partial charge is 0.480 e. The van der Waals surface area contributed by atoms with Crippen molar-refractivity contribution in [2.24, 2.45) is 17.4 Å². The molecule has 0 radical (unpaired) electrons. The molecule has 3 aromatic rings. The van der Waals surface area contributed by atoms with Crippen LogP contribution in [0.25, 0.3) is 10.9 Å². The van der Waals surface area contributed by atoms with E-state index in [4.69, 9.17) is 11.5 Å². The Hall–Kier alpha value is -6.65. The van der Waals surface area contributed by atoms with Crippen LogP contribution in [-0.4, -0.2) is 181 Å². The highest BCUT2D eigenvalue weighted by molar-refractivity contribution is 7.98. The minimum absolute atomic E-state index is 0.0579. The summed E-state index contributed by atoms with van der Waals surface area (Å²) in [5, 5.41) is 60.4. The fourth-order valence-corrected chi connectivity index (χ4v) is 7.82. The lowest BCUT2D eigenvalue weighted by molar-refractivity contribution is -0.145. The van der Waals surface area contributed by atoms with Crippen LogP contribution in [0.1, 0.15) is 64.6 Å². The number of amides is 8. The highest BCUT2D eigenvalue weighted by atomic mass is 32.2. The molecule has 0 unspecified atom stereocenters. The van der Waals surface area contributed by atoms with Gasteiger partial charge in [-0.05, 0) is 82.1 Å². The number of nitrogens with one attached hydrogen (secondary N) is 10. The van der Waals surface area contributed by atoms with E-state index in [0.29, 0.717) is 24.3 Å². The second-order valence-corrected chi connectivity index (χ2v) is 18.7. The summed E-state index contributed by atoms with van der Waals surface area (Å²) >= 11 is 1.36. The first kappa shape index (κ1) is 60.7. The van der Waals surface area contributed by atoms with Gasteiger partial charge in [-0.15, -0.1) is 0 Å². The minimum Gasteiger partial charge on any atom is -0.480 e. The number of benzene rings is 1. The molecule has 26 nitrogen and oxygen atoms in total. The standard InChI is InChI=1S/C46H71N13O13S/c1-23(2)36(44(69)59-38(25(4)62)46(71)72)57-45(70)37(24(3)61)58-42(67)33(17-27-19-49-22-52-27)53-35(63)20-51-40(65)32(13-15-73-5)55-41(66)31(12-8-9-14-47)54-43(68)34(21-60)56-39(64)29(48)16-26-18-50-30-11-7-6-10-28(26)30/h6-7,10-11,18-19,22-25,29,31-34,36-38,50,60-62H,8-9,12-17,20-21,47-48H2,1-5H3,(H,49,52)(H,51,65)(H,53,63)(H,54,68)(H,55,66)(H,56,64)(H,57,70)(H,58,67)(H,59,69)(H,71,72)/t24-,25-,29+,31+,32+,33+,34+,36+,37+,38+/m1/s1. The zero-order chi connectivity index (χ0) is 54.4. The van der Waals surface area contributed by atoms with Crippen LogP contribution in [-0.2, 0) is 56.0 Å². The van der Waals surface area contributed by atoms with Crippen LogP contribution < -0.4 is 54.0 Å². The monoisotopic (exact) mass is 1050 g/mol. The van der Waals surface area contributed by atoms with Gasteiger partial charge in [0.1, 0.15) is 36.3 Å². The third-order valence-electron chi connectivity index (χ3n) is 11.5. The molecule has 0 aliphatic rings. The summed E-state index contributed by atoms with van der Waals surface area (Å²) in [6.45, 7) is 4.13. The number of para-hydroxylation sites is 1. The molecular weight excluding hydrogens is 975 g/mol. The van der Waals surface area contributed by atoms with Gasteiger partial charge in [-0.25, -0.2) is 9.78 Å². The highest BCUT2D eigenvalue weighted by Gasteiger charge is 2.36. The molecule has 0 saturated heterocycles. The Morgan fingerprint density at radius 3 is 1.86 bits per heavy atom. The predicted molar refractivity (Wildman–Crippen MR) is 268 cm³/mol.